The summed E-state index contributed by atoms with van der Waals surface area (Å²) >= 11 is 0. The molecule has 1 aliphatic carbocycles. The Balaban J connectivity index is 2.04. The number of hydrogen-bond acceptors (Lipinski definition) is 7. The van der Waals surface area contributed by atoms with Gasteiger partial charge in [-0.05, 0) is 25.3 Å². The van der Waals surface area contributed by atoms with E-state index in [1.54, 1.807) is 19.1 Å². The molecule has 0 unspecified atom stereocenters. The molecular formula is C20H22N2O6. The summed E-state index contributed by atoms with van der Waals surface area (Å²) in [5.41, 5.74) is 2.92. The Morgan fingerprint density at radius 2 is 1.96 bits per heavy atom. The monoisotopic (exact) mass is 386 g/mol. The number of benzene rings is 1. The molecule has 0 fully saturated rings. The number of nitrogens with one attached hydrogen (secondary N) is 1. The van der Waals surface area contributed by atoms with Gasteiger partial charge >= 0.3 is 5.97 Å². The number of Topliss-reactive ketones (excluding diaryl/α,β-unsaturated/α-hetero) is 1. The number of carbonyl (C=O) groups is 2. The van der Waals surface area contributed by atoms with E-state index >= 15 is 0 Å². The van der Waals surface area contributed by atoms with Crippen LogP contribution in [0.2, 0.25) is 0 Å². The highest BCUT2D eigenvalue weighted by Crippen LogP contribution is 2.42. The van der Waals surface area contributed by atoms with Crippen molar-refractivity contribution in [2.75, 3.05) is 20.3 Å². The third kappa shape index (κ3) is 3.82. The van der Waals surface area contributed by atoms with Gasteiger partial charge < -0.3 is 14.8 Å². The number of nitro groups is 1. The number of non-ortho nitro benzene ring substituents is 1. The molecule has 0 bridgehead atoms. The smallest absolute Gasteiger partial charge is 0.336 e. The number of carbonyl (C=O) groups excluding carboxylic acids is 2. The molecule has 0 saturated carbocycles. The first-order chi connectivity index (χ1) is 13.4. The van der Waals surface area contributed by atoms with Gasteiger partial charge in [0.15, 0.2) is 5.78 Å². The van der Waals surface area contributed by atoms with Gasteiger partial charge in [0.05, 0.1) is 17.1 Å². The zero-order chi connectivity index (χ0) is 20.3. The lowest BCUT2D eigenvalue weighted by Gasteiger charge is -2.34. The first-order valence-corrected chi connectivity index (χ1v) is 9.08. The average Bonchev–Trinajstić information content (AvgIpc) is 2.67. The summed E-state index contributed by atoms with van der Waals surface area (Å²) in [6.45, 7) is 2.13. The summed E-state index contributed by atoms with van der Waals surface area (Å²) in [7, 11) is 1.51. The molecule has 0 radical (unpaired) electrons. The third-order valence-electron chi connectivity index (χ3n) is 4.95. The van der Waals surface area contributed by atoms with E-state index in [1.165, 1.54) is 19.2 Å². The maximum atomic E-state index is 12.8. The number of esters is 1. The van der Waals surface area contributed by atoms with Crippen molar-refractivity contribution in [1.82, 2.24) is 5.32 Å². The van der Waals surface area contributed by atoms with E-state index < -0.39 is 16.8 Å². The number of ether oxygens (including phenoxy) is 2. The average molecular weight is 386 g/mol. The van der Waals surface area contributed by atoms with Crippen molar-refractivity contribution in [2.24, 2.45) is 0 Å². The molecule has 0 aromatic heterocycles. The van der Waals surface area contributed by atoms with Gasteiger partial charge in [0.25, 0.3) is 5.69 Å². The van der Waals surface area contributed by atoms with Crippen molar-refractivity contribution < 1.29 is 24.0 Å². The summed E-state index contributed by atoms with van der Waals surface area (Å²) in [5.74, 6) is -1.16. The molecule has 8 heteroatoms. The number of nitro benzene ring substituents is 1. The van der Waals surface area contributed by atoms with Gasteiger partial charge in [-0.2, -0.15) is 0 Å². The lowest BCUT2D eigenvalue weighted by molar-refractivity contribution is -0.384. The Labute approximate surface area is 162 Å². The lowest BCUT2D eigenvalue weighted by atomic mass is 9.75. The van der Waals surface area contributed by atoms with Crippen LogP contribution in [0.1, 0.15) is 37.7 Å². The van der Waals surface area contributed by atoms with E-state index in [4.69, 9.17) is 9.47 Å². The molecule has 0 saturated heterocycles. The fourth-order valence-electron chi connectivity index (χ4n) is 3.67. The summed E-state index contributed by atoms with van der Waals surface area (Å²) in [4.78, 5) is 36.0. The zero-order valence-electron chi connectivity index (χ0n) is 15.8. The molecule has 1 aliphatic heterocycles. The Morgan fingerprint density at radius 1 is 1.25 bits per heavy atom. The van der Waals surface area contributed by atoms with Crippen molar-refractivity contribution in [1.29, 1.82) is 0 Å². The second-order valence-corrected chi connectivity index (χ2v) is 6.74. The van der Waals surface area contributed by atoms with Crippen molar-refractivity contribution >= 4 is 17.4 Å². The van der Waals surface area contributed by atoms with Crippen LogP contribution in [-0.4, -0.2) is 37.0 Å². The lowest BCUT2D eigenvalue weighted by Crippen LogP contribution is -2.34. The van der Waals surface area contributed by atoms with E-state index in [0.29, 0.717) is 35.2 Å². The molecule has 1 aromatic rings. The number of nitrogens with zero attached hydrogens (tertiary/aromatic N) is 1. The van der Waals surface area contributed by atoms with Crippen LogP contribution in [-0.2, 0) is 19.1 Å². The number of rotatable bonds is 6. The minimum absolute atomic E-state index is 0.0215. The highest BCUT2D eigenvalue weighted by molar-refractivity contribution is 6.03. The number of allylic oxidation sites excluding steroid dienone is 3. The molecule has 28 heavy (non-hydrogen) atoms. The molecule has 2 aliphatic rings. The summed E-state index contributed by atoms with van der Waals surface area (Å²) in [6, 6.07) is 5.95. The molecule has 1 heterocycles. The zero-order valence-corrected chi connectivity index (χ0v) is 15.8. The normalized spacial score (nSPS) is 19.2. The van der Waals surface area contributed by atoms with Crippen LogP contribution in [0.4, 0.5) is 5.69 Å². The van der Waals surface area contributed by atoms with Crippen molar-refractivity contribution in [3.8, 4) is 0 Å². The van der Waals surface area contributed by atoms with Crippen LogP contribution in [0, 0.1) is 10.1 Å². The molecule has 1 atom stereocenters. The van der Waals surface area contributed by atoms with Gasteiger partial charge in [-0.15, -0.1) is 0 Å². The fourth-order valence-corrected chi connectivity index (χ4v) is 3.67. The topological polar surface area (TPSA) is 108 Å². The molecule has 1 aromatic carbocycles. The molecular weight excluding hydrogens is 364 g/mol. The van der Waals surface area contributed by atoms with Crippen LogP contribution < -0.4 is 5.32 Å². The first-order valence-electron chi connectivity index (χ1n) is 9.08. The van der Waals surface area contributed by atoms with E-state index in [-0.39, 0.29) is 24.7 Å². The summed E-state index contributed by atoms with van der Waals surface area (Å²) in [6.07, 6.45) is 1.88. The quantitative estimate of drug-likeness (QED) is 0.347. The van der Waals surface area contributed by atoms with E-state index in [1.807, 2.05) is 0 Å². The number of dihydropyridines is 1. The van der Waals surface area contributed by atoms with Gasteiger partial charge in [0.1, 0.15) is 6.61 Å². The maximum Gasteiger partial charge on any atom is 0.336 e. The predicted molar refractivity (Wildman–Crippen MR) is 100 cm³/mol. The van der Waals surface area contributed by atoms with Crippen LogP contribution in [0.25, 0.3) is 0 Å². The van der Waals surface area contributed by atoms with E-state index in [0.717, 1.165) is 12.1 Å². The molecule has 8 nitrogen and oxygen atoms in total. The number of methoxy groups -OCH3 is 1. The SMILES string of the molecule is COCCOC(=O)C1=C(C)NC2=C(C(=O)CCC2)[C@@H]1c1ccc([N+](=O)[O-])cc1. The second-order valence-electron chi connectivity index (χ2n) is 6.74. The van der Waals surface area contributed by atoms with Crippen LogP contribution in [0.15, 0.2) is 46.8 Å². The molecule has 148 valence electrons. The van der Waals surface area contributed by atoms with Gasteiger partial charge in [-0.25, -0.2) is 4.79 Å². The standard InChI is InChI=1S/C20H22N2O6/c1-12-17(20(24)28-11-10-27-2)18(13-6-8-14(9-7-13)22(25)26)19-15(21-12)4-3-5-16(19)23/h6-9,18,21H,3-5,10-11H2,1-2H3/t18-/m1/s1. The van der Waals surface area contributed by atoms with E-state index in [9.17, 15) is 19.7 Å². The van der Waals surface area contributed by atoms with Crippen molar-refractivity contribution in [3.63, 3.8) is 0 Å². The molecule has 1 N–H and O–H groups in total. The molecule has 0 amide bonds. The van der Waals surface area contributed by atoms with Crippen molar-refractivity contribution in [3.05, 3.63) is 62.5 Å². The maximum absolute atomic E-state index is 12.8. The highest BCUT2D eigenvalue weighted by atomic mass is 16.6. The number of ketones is 1. The minimum atomic E-state index is -0.611. The van der Waals surface area contributed by atoms with Crippen LogP contribution >= 0.6 is 0 Å². The second kappa shape index (κ2) is 8.35. The van der Waals surface area contributed by atoms with E-state index in [2.05, 4.69) is 5.32 Å². The van der Waals surface area contributed by atoms with Gasteiger partial charge in [-0.3, -0.25) is 14.9 Å². The molecule has 3 rings (SSSR count). The summed E-state index contributed by atoms with van der Waals surface area (Å²) in [5, 5.41) is 14.2. The minimum Gasteiger partial charge on any atom is -0.460 e. The first kappa shape index (κ1) is 19.8. The molecule has 0 spiro atoms. The van der Waals surface area contributed by atoms with Gasteiger partial charge in [-0.1, -0.05) is 12.1 Å². The Bertz CT molecular complexity index is 869. The Morgan fingerprint density at radius 3 is 2.61 bits per heavy atom. The van der Waals surface area contributed by atoms with Crippen molar-refractivity contribution in [2.45, 2.75) is 32.1 Å². The fraction of sp³-hybridized carbons (Fsp3) is 0.400. The Kier molecular flexibility index (Phi) is 5.89. The van der Waals surface area contributed by atoms with Gasteiger partial charge in [0, 0.05) is 48.5 Å². The van der Waals surface area contributed by atoms with Gasteiger partial charge in [0.2, 0.25) is 0 Å². The number of hydrogen-bond donors (Lipinski definition) is 1. The highest BCUT2D eigenvalue weighted by Gasteiger charge is 2.39. The summed E-state index contributed by atoms with van der Waals surface area (Å²) < 4.78 is 10.2. The third-order valence-corrected chi connectivity index (χ3v) is 4.95. The largest absolute Gasteiger partial charge is 0.460 e. The van der Waals surface area contributed by atoms with Crippen LogP contribution in [0.3, 0.4) is 0 Å². The van der Waals surface area contributed by atoms with Crippen LogP contribution in [0.5, 0.6) is 0 Å². The predicted octanol–water partition coefficient (Wildman–Crippen LogP) is 2.75. The Hall–Kier alpha value is -3.00.